The third kappa shape index (κ3) is 3.82. The van der Waals surface area contributed by atoms with Crippen LogP contribution >= 0.6 is 0 Å². The zero-order valence-corrected chi connectivity index (χ0v) is 12.2. The summed E-state index contributed by atoms with van der Waals surface area (Å²) in [5.41, 5.74) is 1.19. The Bertz CT molecular complexity index is 467. The van der Waals surface area contributed by atoms with Crippen molar-refractivity contribution in [1.29, 1.82) is 5.26 Å². The minimum absolute atomic E-state index is 0.144. The number of nitrogens with zero attached hydrogens (tertiary/aromatic N) is 1. The first-order chi connectivity index (χ1) is 9.74. The van der Waals surface area contributed by atoms with Crippen LogP contribution in [-0.2, 0) is 0 Å². The monoisotopic (exact) mass is 272 g/mol. The summed E-state index contributed by atoms with van der Waals surface area (Å²) < 4.78 is 13.7. The van der Waals surface area contributed by atoms with Gasteiger partial charge in [0.2, 0.25) is 0 Å². The Labute approximate surface area is 121 Å². The molecule has 1 radical (unpaired) electrons. The average Bonchev–Trinajstić information content (AvgIpc) is 2.48. The molecular formula is C18H23FN. The van der Waals surface area contributed by atoms with Gasteiger partial charge in [0.25, 0.3) is 0 Å². The Kier molecular flexibility index (Phi) is 5.59. The number of rotatable bonds is 5. The lowest BCUT2D eigenvalue weighted by molar-refractivity contribution is 0.376. The molecule has 0 spiro atoms. The summed E-state index contributed by atoms with van der Waals surface area (Å²) in [7, 11) is 0. The minimum Gasteiger partial charge on any atom is -0.206 e. The van der Waals surface area contributed by atoms with Crippen molar-refractivity contribution in [2.45, 2.75) is 57.8 Å². The number of nitriles is 1. The van der Waals surface area contributed by atoms with Crippen LogP contribution in [0.5, 0.6) is 0 Å². The highest BCUT2D eigenvalue weighted by Gasteiger charge is 2.22. The van der Waals surface area contributed by atoms with E-state index in [1.807, 2.05) is 12.1 Å². The summed E-state index contributed by atoms with van der Waals surface area (Å²) in [6.45, 7) is 2.24. The summed E-state index contributed by atoms with van der Waals surface area (Å²) >= 11 is 0. The fraction of sp³-hybridized carbons (Fsp3) is 0.556. The maximum absolute atomic E-state index is 13.7. The van der Waals surface area contributed by atoms with Crippen molar-refractivity contribution in [3.8, 4) is 6.07 Å². The van der Waals surface area contributed by atoms with Crippen molar-refractivity contribution in [3.05, 3.63) is 41.6 Å². The van der Waals surface area contributed by atoms with Crippen LogP contribution in [0.2, 0.25) is 0 Å². The van der Waals surface area contributed by atoms with E-state index >= 15 is 0 Å². The van der Waals surface area contributed by atoms with Crippen molar-refractivity contribution < 1.29 is 4.39 Å². The Balaban J connectivity index is 1.87. The Morgan fingerprint density at radius 2 is 2.15 bits per heavy atom. The quantitative estimate of drug-likeness (QED) is 0.661. The van der Waals surface area contributed by atoms with Gasteiger partial charge >= 0.3 is 0 Å². The van der Waals surface area contributed by atoms with E-state index in [4.69, 9.17) is 5.26 Å². The lowest BCUT2D eigenvalue weighted by Gasteiger charge is -2.28. The molecule has 1 nitrogen and oxygen atoms in total. The van der Waals surface area contributed by atoms with E-state index in [-0.39, 0.29) is 11.4 Å². The van der Waals surface area contributed by atoms with Crippen LogP contribution in [0, 0.1) is 29.5 Å². The molecule has 1 aliphatic carbocycles. The van der Waals surface area contributed by atoms with Crippen LogP contribution in [0.25, 0.3) is 0 Å². The summed E-state index contributed by atoms with van der Waals surface area (Å²) in [6, 6.07) is 6.95. The third-order valence-corrected chi connectivity index (χ3v) is 4.40. The predicted octanol–water partition coefficient (Wildman–Crippen LogP) is 5.37. The maximum Gasteiger partial charge on any atom is 0.141 e. The SMILES string of the molecule is CCCCCC1[CH]CC(c2ccc(C#N)c(F)c2)CC1. The molecule has 0 heterocycles. The normalized spacial score (nSPS) is 22.4. The van der Waals surface area contributed by atoms with Crippen LogP contribution in [0.4, 0.5) is 4.39 Å². The van der Waals surface area contributed by atoms with Crippen LogP contribution in [-0.4, -0.2) is 0 Å². The van der Waals surface area contributed by atoms with E-state index in [0.717, 1.165) is 24.3 Å². The van der Waals surface area contributed by atoms with Gasteiger partial charge in [-0.2, -0.15) is 5.26 Å². The Morgan fingerprint density at radius 3 is 2.75 bits per heavy atom. The topological polar surface area (TPSA) is 23.8 Å². The number of halogens is 1. The summed E-state index contributed by atoms with van der Waals surface area (Å²) in [4.78, 5) is 0. The number of hydrogen-bond donors (Lipinski definition) is 0. The lowest BCUT2D eigenvalue weighted by atomic mass is 9.77. The second-order valence-electron chi connectivity index (χ2n) is 5.85. The van der Waals surface area contributed by atoms with Gasteiger partial charge in [-0.1, -0.05) is 38.7 Å². The van der Waals surface area contributed by atoms with Crippen molar-refractivity contribution in [3.63, 3.8) is 0 Å². The van der Waals surface area contributed by atoms with Crippen LogP contribution in [0.1, 0.15) is 68.9 Å². The molecule has 1 aromatic rings. The van der Waals surface area contributed by atoms with Gasteiger partial charge < -0.3 is 0 Å². The highest BCUT2D eigenvalue weighted by Crippen LogP contribution is 2.37. The average molecular weight is 272 g/mol. The summed E-state index contributed by atoms with van der Waals surface area (Å²) in [5, 5.41) is 8.76. The molecule has 2 atom stereocenters. The maximum atomic E-state index is 13.7. The van der Waals surface area contributed by atoms with Gasteiger partial charge in [-0.05, 0) is 55.2 Å². The van der Waals surface area contributed by atoms with Crippen LogP contribution in [0.3, 0.4) is 0 Å². The van der Waals surface area contributed by atoms with E-state index in [0.29, 0.717) is 5.92 Å². The largest absolute Gasteiger partial charge is 0.206 e. The summed E-state index contributed by atoms with van der Waals surface area (Å²) in [6.07, 6.45) is 11.1. The fourth-order valence-corrected chi connectivity index (χ4v) is 3.11. The van der Waals surface area contributed by atoms with E-state index in [1.165, 1.54) is 32.1 Å². The number of benzene rings is 1. The molecule has 0 aliphatic heterocycles. The first-order valence-corrected chi connectivity index (χ1v) is 7.77. The third-order valence-electron chi connectivity index (χ3n) is 4.40. The van der Waals surface area contributed by atoms with E-state index in [1.54, 1.807) is 12.1 Å². The molecule has 2 rings (SSSR count). The fourth-order valence-electron chi connectivity index (χ4n) is 3.11. The number of hydrogen-bond acceptors (Lipinski definition) is 1. The van der Waals surface area contributed by atoms with Crippen molar-refractivity contribution in [2.75, 3.05) is 0 Å². The molecule has 1 saturated carbocycles. The van der Waals surface area contributed by atoms with E-state index in [9.17, 15) is 4.39 Å². The molecule has 0 amide bonds. The predicted molar refractivity (Wildman–Crippen MR) is 79.6 cm³/mol. The highest BCUT2D eigenvalue weighted by atomic mass is 19.1. The minimum atomic E-state index is -0.380. The first-order valence-electron chi connectivity index (χ1n) is 7.77. The van der Waals surface area contributed by atoms with Crippen LogP contribution in [0.15, 0.2) is 18.2 Å². The van der Waals surface area contributed by atoms with Crippen LogP contribution < -0.4 is 0 Å². The van der Waals surface area contributed by atoms with Crippen molar-refractivity contribution in [2.24, 2.45) is 5.92 Å². The molecule has 107 valence electrons. The molecule has 0 N–H and O–H groups in total. The molecule has 1 aromatic carbocycles. The molecule has 1 aliphatic rings. The smallest absolute Gasteiger partial charge is 0.141 e. The van der Waals surface area contributed by atoms with Gasteiger partial charge in [0.1, 0.15) is 11.9 Å². The molecule has 1 fully saturated rings. The Morgan fingerprint density at radius 1 is 1.30 bits per heavy atom. The molecule has 0 bridgehead atoms. The van der Waals surface area contributed by atoms with Gasteiger partial charge in [0.15, 0.2) is 0 Å². The van der Waals surface area contributed by atoms with Crippen molar-refractivity contribution >= 4 is 0 Å². The van der Waals surface area contributed by atoms with Gasteiger partial charge in [-0.15, -0.1) is 0 Å². The van der Waals surface area contributed by atoms with Gasteiger partial charge in [0, 0.05) is 0 Å². The zero-order valence-electron chi connectivity index (χ0n) is 12.2. The van der Waals surface area contributed by atoms with Gasteiger partial charge in [-0.3, -0.25) is 0 Å². The second kappa shape index (κ2) is 7.43. The molecule has 2 unspecified atom stereocenters. The first kappa shape index (κ1) is 15.0. The van der Waals surface area contributed by atoms with E-state index < -0.39 is 0 Å². The number of unbranched alkanes of at least 4 members (excludes halogenated alkanes) is 2. The second-order valence-corrected chi connectivity index (χ2v) is 5.85. The lowest BCUT2D eigenvalue weighted by Crippen LogP contribution is -2.14. The molecule has 2 heteroatoms. The highest BCUT2D eigenvalue weighted by molar-refractivity contribution is 5.35. The summed E-state index contributed by atoms with van der Waals surface area (Å²) in [5.74, 6) is 0.802. The molecule has 20 heavy (non-hydrogen) atoms. The van der Waals surface area contributed by atoms with E-state index in [2.05, 4.69) is 13.3 Å². The van der Waals surface area contributed by atoms with Crippen molar-refractivity contribution in [1.82, 2.24) is 0 Å². The zero-order chi connectivity index (χ0) is 14.4. The standard InChI is InChI=1S/C18H23FN/c1-2-3-4-5-14-6-8-15(9-7-14)16-10-11-17(13-20)18(19)12-16/h6,10-12,14-15H,2-5,7-9H2,1H3. The molecule has 0 aromatic heterocycles. The Hall–Kier alpha value is -1.36. The molecular weight excluding hydrogens is 249 g/mol. The van der Waals surface area contributed by atoms with Gasteiger partial charge in [0.05, 0.1) is 5.56 Å². The molecule has 0 saturated heterocycles. The van der Waals surface area contributed by atoms with Gasteiger partial charge in [-0.25, -0.2) is 4.39 Å².